The Morgan fingerprint density at radius 2 is 1.85 bits per heavy atom. The molecule has 1 saturated heterocycles. The van der Waals surface area contributed by atoms with Gasteiger partial charge in [0, 0.05) is 32.2 Å². The van der Waals surface area contributed by atoms with Gasteiger partial charge in [-0.1, -0.05) is 0 Å². The highest BCUT2D eigenvalue weighted by atomic mass is 16.6. The molecule has 148 valence electrons. The minimum absolute atomic E-state index is 0.0479. The van der Waals surface area contributed by atoms with Crippen LogP contribution in [-0.4, -0.2) is 54.0 Å². The van der Waals surface area contributed by atoms with Gasteiger partial charge in [-0.2, -0.15) is 0 Å². The summed E-state index contributed by atoms with van der Waals surface area (Å²) in [4.78, 5) is 39.3. The molecular formula is C19H27N3O5. The number of anilines is 1. The lowest BCUT2D eigenvalue weighted by atomic mass is 9.97. The van der Waals surface area contributed by atoms with Gasteiger partial charge in [0.2, 0.25) is 0 Å². The fraction of sp³-hybridized carbons (Fsp3) is 0.579. The molecule has 2 rings (SSSR count). The Hall–Kier alpha value is -2.64. The number of hydrogen-bond acceptors (Lipinski definition) is 6. The highest BCUT2D eigenvalue weighted by molar-refractivity contribution is 5.93. The smallest absolute Gasteiger partial charge is 0.339 e. The highest BCUT2D eigenvalue weighted by Gasteiger charge is 2.33. The molecule has 8 nitrogen and oxygen atoms in total. The van der Waals surface area contributed by atoms with E-state index in [0.717, 1.165) is 19.3 Å². The molecule has 0 N–H and O–H groups in total. The number of carbonyl (C=O) groups excluding carboxylic acids is 2. The average Bonchev–Trinajstić information content (AvgIpc) is 2.60. The van der Waals surface area contributed by atoms with Gasteiger partial charge in [-0.25, -0.2) is 4.79 Å². The van der Waals surface area contributed by atoms with Gasteiger partial charge in [0.1, 0.15) is 5.69 Å². The molecule has 27 heavy (non-hydrogen) atoms. The molecule has 3 atom stereocenters. The summed E-state index contributed by atoms with van der Waals surface area (Å²) in [6, 6.07) is 4.34. The molecular weight excluding hydrogens is 350 g/mol. The summed E-state index contributed by atoms with van der Waals surface area (Å²) < 4.78 is 5.32. The zero-order valence-corrected chi connectivity index (χ0v) is 16.5. The predicted molar refractivity (Wildman–Crippen MR) is 102 cm³/mol. The van der Waals surface area contributed by atoms with Crippen molar-refractivity contribution in [2.75, 3.05) is 19.0 Å². The van der Waals surface area contributed by atoms with Crippen molar-refractivity contribution in [3.8, 4) is 0 Å². The summed E-state index contributed by atoms with van der Waals surface area (Å²) in [6.07, 6.45) is 1.97. The van der Waals surface area contributed by atoms with Gasteiger partial charge in [0.25, 0.3) is 11.6 Å². The van der Waals surface area contributed by atoms with E-state index in [0.29, 0.717) is 5.69 Å². The summed E-state index contributed by atoms with van der Waals surface area (Å²) in [6.45, 7) is 5.52. The quantitative estimate of drug-likeness (QED) is 0.445. The topological polar surface area (TPSA) is 93.0 Å². The van der Waals surface area contributed by atoms with Gasteiger partial charge in [-0.3, -0.25) is 14.9 Å². The number of nitrogens with zero attached hydrogens (tertiary/aromatic N) is 3. The predicted octanol–water partition coefficient (Wildman–Crippen LogP) is 3.00. The van der Waals surface area contributed by atoms with Gasteiger partial charge in [0.05, 0.1) is 10.5 Å². The maximum absolute atomic E-state index is 12.7. The second kappa shape index (κ2) is 8.37. The molecule has 0 radical (unpaired) electrons. The van der Waals surface area contributed by atoms with Crippen molar-refractivity contribution < 1.29 is 19.2 Å². The van der Waals surface area contributed by atoms with E-state index >= 15 is 0 Å². The Bertz CT molecular complexity index is 724. The molecule has 1 aromatic rings. The van der Waals surface area contributed by atoms with Crippen LogP contribution in [0.5, 0.6) is 0 Å². The van der Waals surface area contributed by atoms with Crippen LogP contribution in [0.3, 0.4) is 0 Å². The van der Waals surface area contributed by atoms with Crippen molar-refractivity contribution in [3.63, 3.8) is 0 Å². The van der Waals surface area contributed by atoms with E-state index in [1.807, 2.05) is 13.8 Å². The largest absolute Gasteiger partial charge is 0.449 e. The van der Waals surface area contributed by atoms with E-state index < -0.39 is 17.0 Å². The normalized spacial score (nSPS) is 20.7. The molecule has 1 aliphatic rings. The van der Waals surface area contributed by atoms with E-state index in [2.05, 4.69) is 0 Å². The van der Waals surface area contributed by atoms with Crippen molar-refractivity contribution in [2.45, 2.75) is 58.2 Å². The molecule has 0 saturated carbocycles. The Balaban J connectivity index is 2.15. The van der Waals surface area contributed by atoms with Crippen LogP contribution in [0, 0.1) is 10.1 Å². The van der Waals surface area contributed by atoms with Crippen LogP contribution in [0.25, 0.3) is 0 Å². The number of rotatable bonds is 5. The van der Waals surface area contributed by atoms with Gasteiger partial charge in [-0.05, 0) is 52.2 Å². The average molecular weight is 377 g/mol. The van der Waals surface area contributed by atoms with Crippen LogP contribution < -0.4 is 4.90 Å². The van der Waals surface area contributed by atoms with Crippen molar-refractivity contribution in [3.05, 3.63) is 33.9 Å². The zero-order chi connectivity index (χ0) is 20.3. The van der Waals surface area contributed by atoms with Crippen LogP contribution in [0.15, 0.2) is 18.2 Å². The van der Waals surface area contributed by atoms with E-state index in [1.54, 1.807) is 23.9 Å². The Kier molecular flexibility index (Phi) is 6.41. The maximum atomic E-state index is 12.7. The van der Waals surface area contributed by atoms with Crippen LogP contribution in [0.2, 0.25) is 0 Å². The molecule has 0 aromatic heterocycles. The number of hydrogen-bond donors (Lipinski definition) is 0. The monoisotopic (exact) mass is 377 g/mol. The van der Waals surface area contributed by atoms with Crippen LogP contribution in [0.4, 0.5) is 11.4 Å². The summed E-state index contributed by atoms with van der Waals surface area (Å²) in [5, 5.41) is 11.3. The first-order valence-corrected chi connectivity index (χ1v) is 9.12. The number of benzene rings is 1. The number of esters is 1. The minimum atomic E-state index is -0.951. The number of ether oxygens (including phenoxy) is 1. The lowest BCUT2D eigenvalue weighted by Gasteiger charge is -2.40. The molecule has 1 aliphatic heterocycles. The third kappa shape index (κ3) is 4.56. The van der Waals surface area contributed by atoms with Crippen molar-refractivity contribution in [1.82, 2.24) is 4.90 Å². The van der Waals surface area contributed by atoms with E-state index in [1.165, 1.54) is 25.1 Å². The summed E-state index contributed by atoms with van der Waals surface area (Å²) in [5.41, 5.74) is 0.245. The third-order valence-electron chi connectivity index (χ3n) is 4.97. The van der Waals surface area contributed by atoms with Crippen LogP contribution in [-0.2, 0) is 9.53 Å². The Morgan fingerprint density at radius 3 is 2.37 bits per heavy atom. The molecule has 0 unspecified atom stereocenters. The number of amides is 1. The Labute approximate surface area is 159 Å². The van der Waals surface area contributed by atoms with Gasteiger partial charge >= 0.3 is 5.97 Å². The Morgan fingerprint density at radius 1 is 1.26 bits per heavy atom. The third-order valence-corrected chi connectivity index (χ3v) is 4.97. The fourth-order valence-corrected chi connectivity index (χ4v) is 3.52. The first-order chi connectivity index (χ1) is 12.6. The molecule has 0 bridgehead atoms. The maximum Gasteiger partial charge on any atom is 0.339 e. The molecule has 1 amide bonds. The number of likely N-dealkylation sites (tertiary alicyclic amines) is 1. The van der Waals surface area contributed by atoms with Crippen molar-refractivity contribution in [1.29, 1.82) is 0 Å². The highest BCUT2D eigenvalue weighted by Crippen LogP contribution is 2.28. The lowest BCUT2D eigenvalue weighted by Crippen LogP contribution is -2.51. The molecule has 8 heteroatoms. The number of carbonyl (C=O) groups is 2. The minimum Gasteiger partial charge on any atom is -0.449 e. The van der Waals surface area contributed by atoms with Gasteiger partial charge in [-0.15, -0.1) is 0 Å². The van der Waals surface area contributed by atoms with Gasteiger partial charge in [0.15, 0.2) is 6.10 Å². The number of piperidine rings is 1. The summed E-state index contributed by atoms with van der Waals surface area (Å²) >= 11 is 0. The number of nitro groups is 1. The van der Waals surface area contributed by atoms with Gasteiger partial charge < -0.3 is 14.5 Å². The number of nitro benzene ring substituents is 1. The van der Waals surface area contributed by atoms with Crippen molar-refractivity contribution >= 4 is 23.3 Å². The van der Waals surface area contributed by atoms with E-state index in [9.17, 15) is 19.7 Å². The first-order valence-electron chi connectivity index (χ1n) is 9.12. The summed E-state index contributed by atoms with van der Waals surface area (Å²) in [7, 11) is 3.37. The standard InChI is InChI=1S/C19H27N3O5/c1-12-7-6-8-13(2)21(12)18(23)14(3)27-19(24)15-9-10-16(20(4)5)17(11-15)22(25)26/h9-14H,6-8H2,1-5H3/t12-,13-,14-/m1/s1. The van der Waals surface area contributed by atoms with Crippen molar-refractivity contribution in [2.24, 2.45) is 0 Å². The second-order valence-electron chi connectivity index (χ2n) is 7.28. The van der Waals surface area contributed by atoms with E-state index in [-0.39, 0.29) is 29.2 Å². The molecule has 0 aliphatic carbocycles. The first kappa shape index (κ1) is 20.7. The fourth-order valence-electron chi connectivity index (χ4n) is 3.52. The molecule has 0 spiro atoms. The molecule has 1 fully saturated rings. The molecule has 1 heterocycles. The molecule has 1 aromatic carbocycles. The van der Waals surface area contributed by atoms with E-state index in [4.69, 9.17) is 4.74 Å². The lowest BCUT2D eigenvalue weighted by molar-refractivity contribution is -0.384. The zero-order valence-electron chi connectivity index (χ0n) is 16.5. The van der Waals surface area contributed by atoms with Crippen LogP contribution >= 0.6 is 0 Å². The van der Waals surface area contributed by atoms with Crippen LogP contribution in [0.1, 0.15) is 50.4 Å². The SMILES string of the molecule is C[C@@H]1CCC[C@@H](C)N1C(=O)[C@@H](C)OC(=O)c1ccc(N(C)C)c([N+](=O)[O-])c1. The summed E-state index contributed by atoms with van der Waals surface area (Å²) in [5.74, 6) is -0.982. The second-order valence-corrected chi connectivity index (χ2v) is 7.28.